The Labute approximate surface area is 127 Å². The molecule has 21 heavy (non-hydrogen) atoms. The van der Waals surface area contributed by atoms with Crippen LogP contribution in [0.1, 0.15) is 51.1 Å². The van der Waals surface area contributed by atoms with Crippen molar-refractivity contribution in [2.75, 3.05) is 7.05 Å². The normalized spacial score (nSPS) is 18.0. The minimum Gasteiger partial charge on any atom is -0.365 e. The zero-order chi connectivity index (χ0) is 15.1. The molecule has 1 atom stereocenters. The standard InChI is InChI=1S/C17H26N2O2/c1-14(21-16-10-5-3-4-6-11-16)17(20)19(2)13-15-9-7-8-12-18-15/h7-9,12,14,16H,3-6,10-11,13H2,1-2H3/t14-/m0/s1. The Morgan fingerprint density at radius 2 is 2.05 bits per heavy atom. The summed E-state index contributed by atoms with van der Waals surface area (Å²) in [5.41, 5.74) is 0.898. The van der Waals surface area contributed by atoms with Gasteiger partial charge in [-0.25, -0.2) is 0 Å². The summed E-state index contributed by atoms with van der Waals surface area (Å²) in [6.07, 6.45) is 8.81. The van der Waals surface area contributed by atoms with Crippen LogP contribution < -0.4 is 0 Å². The van der Waals surface area contributed by atoms with Crippen LogP contribution in [0.5, 0.6) is 0 Å². The molecule has 1 aromatic rings. The lowest BCUT2D eigenvalue weighted by Crippen LogP contribution is -2.38. The molecule has 1 aliphatic carbocycles. The molecule has 0 radical (unpaired) electrons. The third kappa shape index (κ3) is 5.12. The Kier molecular flexibility index (Phi) is 6.18. The summed E-state index contributed by atoms with van der Waals surface area (Å²) in [7, 11) is 1.81. The van der Waals surface area contributed by atoms with Crippen LogP contribution >= 0.6 is 0 Å². The van der Waals surface area contributed by atoms with Gasteiger partial charge in [0.2, 0.25) is 0 Å². The molecule has 1 heterocycles. The fourth-order valence-corrected chi connectivity index (χ4v) is 2.85. The minimum atomic E-state index is -0.373. The van der Waals surface area contributed by atoms with Crippen molar-refractivity contribution in [2.24, 2.45) is 0 Å². The highest BCUT2D eigenvalue weighted by Gasteiger charge is 2.23. The van der Waals surface area contributed by atoms with E-state index in [2.05, 4.69) is 4.98 Å². The Balaban J connectivity index is 1.83. The SMILES string of the molecule is C[C@H](OC1CCCCCC1)C(=O)N(C)Cc1ccccn1. The number of rotatable bonds is 5. The number of ether oxygens (including phenoxy) is 1. The van der Waals surface area contributed by atoms with E-state index in [0.717, 1.165) is 18.5 Å². The Morgan fingerprint density at radius 3 is 2.67 bits per heavy atom. The second-order valence-corrected chi connectivity index (χ2v) is 5.91. The first-order valence-corrected chi connectivity index (χ1v) is 7.97. The van der Waals surface area contributed by atoms with E-state index >= 15 is 0 Å². The van der Waals surface area contributed by atoms with Crippen LogP contribution in [0.3, 0.4) is 0 Å². The molecule has 2 rings (SSSR count). The molecule has 0 bridgehead atoms. The van der Waals surface area contributed by atoms with Gasteiger partial charge < -0.3 is 9.64 Å². The summed E-state index contributed by atoms with van der Waals surface area (Å²) >= 11 is 0. The molecule has 1 fully saturated rings. The lowest BCUT2D eigenvalue weighted by atomic mass is 10.1. The highest BCUT2D eigenvalue weighted by atomic mass is 16.5. The zero-order valence-electron chi connectivity index (χ0n) is 13.1. The molecular weight excluding hydrogens is 264 g/mol. The van der Waals surface area contributed by atoms with E-state index in [0.29, 0.717) is 6.54 Å². The maximum Gasteiger partial charge on any atom is 0.251 e. The molecule has 0 saturated heterocycles. The van der Waals surface area contributed by atoms with Gasteiger partial charge in [0.15, 0.2) is 0 Å². The van der Waals surface area contributed by atoms with Gasteiger partial charge >= 0.3 is 0 Å². The molecule has 0 unspecified atom stereocenters. The van der Waals surface area contributed by atoms with E-state index < -0.39 is 0 Å². The average molecular weight is 290 g/mol. The van der Waals surface area contributed by atoms with Gasteiger partial charge in [-0.1, -0.05) is 31.7 Å². The van der Waals surface area contributed by atoms with Crippen molar-refractivity contribution < 1.29 is 9.53 Å². The van der Waals surface area contributed by atoms with Gasteiger partial charge in [-0.2, -0.15) is 0 Å². The number of carbonyl (C=O) groups excluding carboxylic acids is 1. The monoisotopic (exact) mass is 290 g/mol. The Bertz CT molecular complexity index is 428. The van der Waals surface area contributed by atoms with Crippen LogP contribution in [0.2, 0.25) is 0 Å². The van der Waals surface area contributed by atoms with E-state index in [-0.39, 0.29) is 18.1 Å². The van der Waals surface area contributed by atoms with E-state index in [1.165, 1.54) is 25.7 Å². The second kappa shape index (κ2) is 8.13. The third-order valence-corrected chi connectivity index (χ3v) is 4.05. The molecule has 1 aromatic heterocycles. The largest absolute Gasteiger partial charge is 0.365 e. The highest BCUT2D eigenvalue weighted by molar-refractivity contribution is 5.80. The Hall–Kier alpha value is -1.42. The Morgan fingerprint density at radius 1 is 1.33 bits per heavy atom. The summed E-state index contributed by atoms with van der Waals surface area (Å²) in [5.74, 6) is 0.0323. The van der Waals surface area contributed by atoms with Crippen LogP contribution in [0.4, 0.5) is 0 Å². The molecule has 4 heteroatoms. The van der Waals surface area contributed by atoms with Crippen LogP contribution in [0.25, 0.3) is 0 Å². The summed E-state index contributed by atoms with van der Waals surface area (Å²) in [6.45, 7) is 2.39. The maximum absolute atomic E-state index is 12.4. The fourth-order valence-electron chi connectivity index (χ4n) is 2.85. The van der Waals surface area contributed by atoms with Crippen molar-refractivity contribution in [3.63, 3.8) is 0 Å². The van der Waals surface area contributed by atoms with Gasteiger partial charge in [0.05, 0.1) is 18.3 Å². The second-order valence-electron chi connectivity index (χ2n) is 5.91. The summed E-state index contributed by atoms with van der Waals surface area (Å²) in [5, 5.41) is 0. The molecule has 0 spiro atoms. The van der Waals surface area contributed by atoms with Crippen molar-refractivity contribution >= 4 is 5.91 Å². The maximum atomic E-state index is 12.4. The number of hydrogen-bond acceptors (Lipinski definition) is 3. The predicted molar refractivity (Wildman–Crippen MR) is 82.7 cm³/mol. The summed E-state index contributed by atoms with van der Waals surface area (Å²) < 4.78 is 5.98. The number of nitrogens with zero attached hydrogens (tertiary/aromatic N) is 2. The van der Waals surface area contributed by atoms with E-state index in [1.807, 2.05) is 32.2 Å². The van der Waals surface area contributed by atoms with Gasteiger partial charge in [0.1, 0.15) is 6.10 Å². The van der Waals surface area contributed by atoms with Crippen LogP contribution in [-0.2, 0) is 16.1 Å². The first-order chi connectivity index (χ1) is 10.2. The molecule has 4 nitrogen and oxygen atoms in total. The topological polar surface area (TPSA) is 42.4 Å². The van der Waals surface area contributed by atoms with Crippen LogP contribution in [0.15, 0.2) is 24.4 Å². The van der Waals surface area contributed by atoms with Crippen LogP contribution in [0, 0.1) is 0 Å². The fraction of sp³-hybridized carbons (Fsp3) is 0.647. The molecule has 116 valence electrons. The van der Waals surface area contributed by atoms with Crippen LogP contribution in [-0.4, -0.2) is 35.0 Å². The van der Waals surface area contributed by atoms with Crippen molar-refractivity contribution in [1.29, 1.82) is 0 Å². The van der Waals surface area contributed by atoms with Crippen molar-refractivity contribution in [2.45, 2.75) is 64.2 Å². The molecule has 1 aliphatic rings. The van der Waals surface area contributed by atoms with Gasteiger partial charge in [-0.15, -0.1) is 0 Å². The van der Waals surface area contributed by atoms with E-state index in [4.69, 9.17) is 4.74 Å². The predicted octanol–water partition coefficient (Wildman–Crippen LogP) is 3.17. The third-order valence-electron chi connectivity index (χ3n) is 4.05. The lowest BCUT2D eigenvalue weighted by molar-refractivity contribution is -0.146. The van der Waals surface area contributed by atoms with Crippen molar-refractivity contribution in [3.8, 4) is 0 Å². The first-order valence-electron chi connectivity index (χ1n) is 7.97. The van der Waals surface area contributed by atoms with Gasteiger partial charge in [-0.05, 0) is 31.9 Å². The summed E-state index contributed by atoms with van der Waals surface area (Å²) in [4.78, 5) is 18.3. The molecule has 0 N–H and O–H groups in total. The number of likely N-dealkylation sites (N-methyl/N-ethyl adjacent to an activating group) is 1. The zero-order valence-corrected chi connectivity index (χ0v) is 13.1. The van der Waals surface area contributed by atoms with Crippen molar-refractivity contribution in [1.82, 2.24) is 9.88 Å². The molecule has 0 aromatic carbocycles. The molecule has 0 aliphatic heterocycles. The number of aromatic nitrogens is 1. The molecule has 1 saturated carbocycles. The number of pyridine rings is 1. The number of hydrogen-bond donors (Lipinski definition) is 0. The average Bonchev–Trinajstić information content (AvgIpc) is 2.76. The molecule has 1 amide bonds. The smallest absolute Gasteiger partial charge is 0.251 e. The lowest BCUT2D eigenvalue weighted by Gasteiger charge is -2.25. The first kappa shape index (κ1) is 16.0. The highest BCUT2D eigenvalue weighted by Crippen LogP contribution is 2.21. The summed E-state index contributed by atoms with van der Waals surface area (Å²) in [6, 6.07) is 5.75. The number of amides is 1. The van der Waals surface area contributed by atoms with E-state index in [1.54, 1.807) is 11.1 Å². The van der Waals surface area contributed by atoms with Crippen molar-refractivity contribution in [3.05, 3.63) is 30.1 Å². The quantitative estimate of drug-likeness (QED) is 0.782. The minimum absolute atomic E-state index is 0.0323. The van der Waals surface area contributed by atoms with Gasteiger partial charge in [-0.3, -0.25) is 9.78 Å². The van der Waals surface area contributed by atoms with Gasteiger partial charge in [0, 0.05) is 13.2 Å². The van der Waals surface area contributed by atoms with E-state index in [9.17, 15) is 4.79 Å². The number of carbonyl (C=O) groups is 1. The van der Waals surface area contributed by atoms with Gasteiger partial charge in [0.25, 0.3) is 5.91 Å². The molecular formula is C17H26N2O2.